The van der Waals surface area contributed by atoms with Crippen LogP contribution in [0.4, 0.5) is 0 Å². The molecule has 0 fully saturated rings. The summed E-state index contributed by atoms with van der Waals surface area (Å²) in [5, 5.41) is 4.08. The molecule has 0 radical (unpaired) electrons. The fraction of sp³-hybridized carbons (Fsp3) is 0. The van der Waals surface area contributed by atoms with Crippen molar-refractivity contribution in [3.05, 3.63) is 128 Å². The van der Waals surface area contributed by atoms with Crippen LogP contribution in [0.3, 0.4) is 0 Å². The molecule has 142 valence electrons. The van der Waals surface area contributed by atoms with Crippen LogP contribution in [-0.2, 0) is 0 Å². The first-order valence-electron chi connectivity index (χ1n) is 8.88. The Balaban J connectivity index is 2.03. The lowest BCUT2D eigenvalue weighted by Crippen LogP contribution is -2.52. The van der Waals surface area contributed by atoms with Crippen LogP contribution in [0.2, 0.25) is 0 Å². The van der Waals surface area contributed by atoms with E-state index in [1.165, 1.54) is 6.21 Å². The van der Waals surface area contributed by atoms with Crippen LogP contribution >= 0.6 is 0 Å². The second-order valence-corrected chi connectivity index (χ2v) is 6.16. The Labute approximate surface area is 165 Å². The lowest BCUT2D eigenvalue weighted by atomic mass is 10.2. The van der Waals surface area contributed by atoms with Crippen molar-refractivity contribution in [2.75, 3.05) is 0 Å². The van der Waals surface area contributed by atoms with Gasteiger partial charge in [0.15, 0.2) is 0 Å². The number of nitrogens with zero attached hydrogens (tertiary/aromatic N) is 4. The summed E-state index contributed by atoms with van der Waals surface area (Å²) in [5.41, 5.74) is -1.05. The summed E-state index contributed by atoms with van der Waals surface area (Å²) in [7, 11) is 0. The maximum absolute atomic E-state index is 13.1. The lowest BCUT2D eigenvalue weighted by Gasteiger charge is -2.11. The third-order valence-corrected chi connectivity index (χ3v) is 4.28. The molecule has 0 saturated heterocycles. The highest BCUT2D eigenvalue weighted by molar-refractivity contribution is 5.79. The largest absolute Gasteiger partial charge is 0.362 e. The topological polar surface area (TPSA) is 78.4 Å². The molecule has 0 unspecified atom stereocenters. The highest BCUT2D eigenvalue weighted by Gasteiger charge is 2.17. The molecule has 1 aromatic heterocycles. The smallest absolute Gasteiger partial charge is 0.246 e. The summed E-state index contributed by atoms with van der Waals surface area (Å²) >= 11 is 0. The first-order valence-corrected chi connectivity index (χ1v) is 8.88. The van der Waals surface area contributed by atoms with Gasteiger partial charge in [-0.3, -0.25) is 0 Å². The number of aromatic nitrogens is 3. The van der Waals surface area contributed by atoms with Gasteiger partial charge in [-0.25, -0.2) is 23.5 Å². The Hall–Kier alpha value is -4.26. The summed E-state index contributed by atoms with van der Waals surface area (Å²) in [6, 6.07) is 25.9. The van der Waals surface area contributed by atoms with Gasteiger partial charge < -0.3 is 0 Å². The quantitative estimate of drug-likeness (QED) is 0.505. The van der Waals surface area contributed by atoms with E-state index >= 15 is 0 Å². The molecular weight excluding hydrogens is 368 g/mol. The molecule has 0 bridgehead atoms. The second-order valence-electron chi connectivity index (χ2n) is 6.16. The first kappa shape index (κ1) is 18.1. The van der Waals surface area contributed by atoms with E-state index in [0.29, 0.717) is 21.6 Å². The maximum atomic E-state index is 13.1. The number of rotatable bonds is 4. The van der Waals surface area contributed by atoms with Gasteiger partial charge in [0, 0.05) is 0 Å². The molecule has 1 heterocycles. The second kappa shape index (κ2) is 7.77. The van der Waals surface area contributed by atoms with E-state index in [1.54, 1.807) is 72.8 Å². The lowest BCUT2D eigenvalue weighted by molar-refractivity contribution is 0.607. The highest BCUT2D eigenvalue weighted by atomic mass is 16.2. The predicted molar refractivity (Wildman–Crippen MR) is 111 cm³/mol. The zero-order valence-corrected chi connectivity index (χ0v) is 15.3. The standard InChI is InChI=1S/C22H16N4O3/c27-20-24(18-12-6-2-7-13-18)21(28)26(23-16-17-10-4-1-5-11-17)22(29)25(20)19-14-8-3-9-15-19/h1-16H/b23-16+. The van der Waals surface area contributed by atoms with Gasteiger partial charge in [-0.05, 0) is 29.8 Å². The van der Waals surface area contributed by atoms with E-state index < -0.39 is 17.1 Å². The molecule has 0 atom stereocenters. The fourth-order valence-electron chi connectivity index (χ4n) is 2.89. The summed E-state index contributed by atoms with van der Waals surface area (Å²) in [6.45, 7) is 0. The average Bonchev–Trinajstić information content (AvgIpc) is 2.76. The molecule has 0 spiro atoms. The molecule has 29 heavy (non-hydrogen) atoms. The molecule has 7 heteroatoms. The molecule has 0 aliphatic rings. The van der Waals surface area contributed by atoms with Gasteiger partial charge in [0.1, 0.15) is 0 Å². The molecule has 4 aromatic rings. The van der Waals surface area contributed by atoms with Crippen LogP contribution in [-0.4, -0.2) is 20.0 Å². The van der Waals surface area contributed by atoms with E-state index in [-0.39, 0.29) is 0 Å². The number of hydrogen-bond donors (Lipinski definition) is 0. The van der Waals surface area contributed by atoms with E-state index in [0.717, 1.165) is 9.13 Å². The van der Waals surface area contributed by atoms with E-state index in [9.17, 15) is 14.4 Å². The molecule has 0 aliphatic heterocycles. The SMILES string of the molecule is O=c1n(/N=C/c2ccccc2)c(=O)n(-c2ccccc2)c(=O)n1-c1ccccc1. The monoisotopic (exact) mass is 384 g/mol. The van der Waals surface area contributed by atoms with E-state index in [1.807, 2.05) is 18.2 Å². The average molecular weight is 384 g/mol. The zero-order chi connectivity index (χ0) is 20.2. The van der Waals surface area contributed by atoms with E-state index in [4.69, 9.17) is 0 Å². The van der Waals surface area contributed by atoms with Crippen molar-refractivity contribution in [1.29, 1.82) is 0 Å². The number of hydrogen-bond acceptors (Lipinski definition) is 4. The van der Waals surface area contributed by atoms with Crippen LogP contribution in [0, 0.1) is 0 Å². The molecule has 0 N–H and O–H groups in total. The van der Waals surface area contributed by atoms with Gasteiger partial charge in [-0.15, -0.1) is 4.68 Å². The summed E-state index contributed by atoms with van der Waals surface area (Å²) < 4.78 is 2.54. The third kappa shape index (κ3) is 3.49. The molecule has 4 rings (SSSR count). The Kier molecular flexibility index (Phi) is 4.86. The van der Waals surface area contributed by atoms with Crippen LogP contribution in [0.25, 0.3) is 11.4 Å². The Morgan fingerprint density at radius 1 is 0.552 bits per heavy atom. The first-order chi connectivity index (χ1) is 14.2. The fourth-order valence-corrected chi connectivity index (χ4v) is 2.89. The molecule has 7 nitrogen and oxygen atoms in total. The van der Waals surface area contributed by atoms with Gasteiger partial charge in [-0.2, -0.15) is 5.10 Å². The van der Waals surface area contributed by atoms with Crippen molar-refractivity contribution in [1.82, 2.24) is 13.8 Å². The molecule has 0 saturated carbocycles. The van der Waals surface area contributed by atoms with Gasteiger partial charge >= 0.3 is 17.1 Å². The molecule has 0 aliphatic carbocycles. The normalized spacial score (nSPS) is 11.0. The van der Waals surface area contributed by atoms with Gasteiger partial charge in [-0.1, -0.05) is 66.7 Å². The summed E-state index contributed by atoms with van der Waals surface area (Å²) in [4.78, 5) is 39.1. The van der Waals surface area contributed by atoms with Crippen LogP contribution < -0.4 is 17.1 Å². The van der Waals surface area contributed by atoms with Crippen molar-refractivity contribution < 1.29 is 0 Å². The minimum atomic E-state index is -0.842. The minimum Gasteiger partial charge on any atom is -0.246 e. The highest BCUT2D eigenvalue weighted by Crippen LogP contribution is 2.03. The zero-order valence-electron chi connectivity index (χ0n) is 15.3. The van der Waals surface area contributed by atoms with Crippen LogP contribution in [0.15, 0.2) is 110 Å². The van der Waals surface area contributed by atoms with Crippen molar-refractivity contribution in [2.24, 2.45) is 5.10 Å². The minimum absolute atomic E-state index is 0.343. The molecule has 3 aromatic carbocycles. The van der Waals surface area contributed by atoms with Crippen molar-refractivity contribution in [3.63, 3.8) is 0 Å². The molecular formula is C22H16N4O3. The van der Waals surface area contributed by atoms with Crippen LogP contribution in [0.5, 0.6) is 0 Å². The number of benzene rings is 3. The van der Waals surface area contributed by atoms with Gasteiger partial charge in [0.25, 0.3) is 0 Å². The van der Waals surface area contributed by atoms with Crippen LogP contribution in [0.1, 0.15) is 5.56 Å². The Morgan fingerprint density at radius 3 is 1.41 bits per heavy atom. The third-order valence-electron chi connectivity index (χ3n) is 4.28. The predicted octanol–water partition coefficient (Wildman–Crippen LogP) is 2.03. The van der Waals surface area contributed by atoms with E-state index in [2.05, 4.69) is 5.10 Å². The Morgan fingerprint density at radius 2 is 0.966 bits per heavy atom. The van der Waals surface area contributed by atoms with Crippen molar-refractivity contribution >= 4 is 6.21 Å². The number of para-hydroxylation sites is 2. The summed E-state index contributed by atoms with van der Waals surface area (Å²) in [5.74, 6) is 0. The van der Waals surface area contributed by atoms with Crippen molar-refractivity contribution in [2.45, 2.75) is 0 Å². The molecule has 0 amide bonds. The summed E-state index contributed by atoms with van der Waals surface area (Å²) in [6.07, 6.45) is 1.40. The van der Waals surface area contributed by atoms with Gasteiger partial charge in [0.05, 0.1) is 17.6 Å². The van der Waals surface area contributed by atoms with Gasteiger partial charge in [0.2, 0.25) is 0 Å². The van der Waals surface area contributed by atoms with Crippen molar-refractivity contribution in [3.8, 4) is 11.4 Å². The Bertz CT molecular complexity index is 1260. The maximum Gasteiger partial charge on any atom is 0.362 e.